The van der Waals surface area contributed by atoms with Crippen LogP contribution in [0, 0.1) is 3.95 Å². The van der Waals surface area contributed by atoms with Gasteiger partial charge in [-0.15, -0.1) is 5.10 Å². The zero-order chi connectivity index (χ0) is 17.8. The van der Waals surface area contributed by atoms with E-state index in [0.717, 1.165) is 32.6 Å². The maximum Gasteiger partial charge on any atom is 0.209 e. The second-order valence-corrected chi connectivity index (χ2v) is 7.30. The molecule has 1 N–H and O–H groups in total. The largest absolute Gasteiger partial charge is 0.495 e. The smallest absolute Gasteiger partial charge is 0.209 e. The average molecular weight is 377 g/mol. The molecule has 0 amide bonds. The van der Waals surface area contributed by atoms with E-state index in [1.54, 1.807) is 11.8 Å². The van der Waals surface area contributed by atoms with Crippen LogP contribution in [0.2, 0.25) is 0 Å². The summed E-state index contributed by atoms with van der Waals surface area (Å²) < 4.78 is 9.68. The minimum atomic E-state index is 0.609. The number of ether oxygens (including phenoxy) is 1. The SMILES string of the molecule is COc1ccccc1Nc1nn(CN(C)Cc2cnn(C)c2)c(=S)s1. The molecule has 0 radical (unpaired) electrons. The van der Waals surface area contributed by atoms with Gasteiger partial charge in [0.05, 0.1) is 25.7 Å². The molecule has 25 heavy (non-hydrogen) atoms. The highest BCUT2D eigenvalue weighted by Gasteiger charge is 2.09. The fourth-order valence-corrected chi connectivity index (χ4v) is 3.46. The van der Waals surface area contributed by atoms with Crippen molar-refractivity contribution in [3.63, 3.8) is 0 Å². The Morgan fingerprint density at radius 2 is 2.16 bits per heavy atom. The Hall–Kier alpha value is -2.23. The van der Waals surface area contributed by atoms with Crippen LogP contribution < -0.4 is 10.1 Å². The van der Waals surface area contributed by atoms with Gasteiger partial charge in [-0.25, -0.2) is 4.68 Å². The molecular weight excluding hydrogens is 356 g/mol. The Kier molecular flexibility index (Phi) is 5.47. The number of para-hydroxylation sites is 2. The van der Waals surface area contributed by atoms with Crippen molar-refractivity contribution in [3.8, 4) is 5.75 Å². The molecule has 9 heteroatoms. The van der Waals surface area contributed by atoms with Crippen LogP contribution in [0.1, 0.15) is 5.56 Å². The number of aromatic nitrogens is 4. The predicted octanol–water partition coefficient (Wildman–Crippen LogP) is 3.25. The third kappa shape index (κ3) is 4.44. The molecule has 0 aliphatic rings. The molecule has 3 rings (SSSR count). The van der Waals surface area contributed by atoms with E-state index >= 15 is 0 Å². The number of nitrogens with one attached hydrogen (secondary N) is 1. The van der Waals surface area contributed by atoms with Gasteiger partial charge >= 0.3 is 0 Å². The molecule has 0 aliphatic carbocycles. The van der Waals surface area contributed by atoms with Gasteiger partial charge in [-0.3, -0.25) is 9.58 Å². The quantitative estimate of drug-likeness (QED) is 0.639. The van der Waals surface area contributed by atoms with E-state index in [4.69, 9.17) is 17.0 Å². The molecule has 0 fully saturated rings. The first-order chi connectivity index (χ1) is 12.0. The maximum atomic E-state index is 5.44. The van der Waals surface area contributed by atoms with Gasteiger partial charge in [0, 0.05) is 25.4 Å². The van der Waals surface area contributed by atoms with E-state index in [1.165, 1.54) is 11.3 Å². The van der Waals surface area contributed by atoms with Crippen molar-refractivity contribution in [3.05, 3.63) is 46.2 Å². The zero-order valence-electron chi connectivity index (χ0n) is 14.3. The van der Waals surface area contributed by atoms with Crippen LogP contribution in [0.15, 0.2) is 36.7 Å². The molecule has 2 heterocycles. The number of anilines is 2. The molecule has 0 bridgehead atoms. The molecule has 0 atom stereocenters. The minimum Gasteiger partial charge on any atom is -0.495 e. The van der Waals surface area contributed by atoms with E-state index in [2.05, 4.69) is 20.4 Å². The monoisotopic (exact) mass is 376 g/mol. The van der Waals surface area contributed by atoms with Gasteiger partial charge < -0.3 is 10.1 Å². The van der Waals surface area contributed by atoms with Gasteiger partial charge in [0.2, 0.25) is 5.13 Å². The molecular formula is C16H20N6OS2. The van der Waals surface area contributed by atoms with Gasteiger partial charge in [-0.1, -0.05) is 23.5 Å². The Bertz CT molecular complexity index is 900. The second-order valence-electron chi connectivity index (χ2n) is 5.68. The summed E-state index contributed by atoms with van der Waals surface area (Å²) in [6, 6.07) is 7.73. The molecule has 0 spiro atoms. The lowest BCUT2D eigenvalue weighted by Gasteiger charge is -2.15. The Labute approximate surface area is 155 Å². The van der Waals surface area contributed by atoms with Gasteiger partial charge in [0.15, 0.2) is 3.95 Å². The summed E-state index contributed by atoms with van der Waals surface area (Å²) in [5.74, 6) is 0.767. The number of methoxy groups -OCH3 is 1. The highest BCUT2D eigenvalue weighted by atomic mass is 32.1. The number of aryl methyl sites for hydroxylation is 1. The first kappa shape index (κ1) is 17.6. The lowest BCUT2D eigenvalue weighted by Crippen LogP contribution is -2.22. The number of rotatable bonds is 7. The highest BCUT2D eigenvalue weighted by molar-refractivity contribution is 7.73. The normalized spacial score (nSPS) is 11.0. The highest BCUT2D eigenvalue weighted by Crippen LogP contribution is 2.28. The Balaban J connectivity index is 1.68. The van der Waals surface area contributed by atoms with Gasteiger partial charge in [-0.05, 0) is 31.4 Å². The van der Waals surface area contributed by atoms with Crippen LogP contribution >= 0.6 is 23.6 Å². The van der Waals surface area contributed by atoms with Crippen molar-refractivity contribution in [1.82, 2.24) is 24.5 Å². The fraction of sp³-hybridized carbons (Fsp3) is 0.312. The van der Waals surface area contributed by atoms with Gasteiger partial charge in [-0.2, -0.15) is 5.10 Å². The average Bonchev–Trinajstić information content (AvgIpc) is 3.13. The number of nitrogens with zero attached hydrogens (tertiary/aromatic N) is 5. The summed E-state index contributed by atoms with van der Waals surface area (Å²) >= 11 is 6.88. The van der Waals surface area contributed by atoms with Crippen molar-refractivity contribution < 1.29 is 4.74 Å². The van der Waals surface area contributed by atoms with Crippen molar-refractivity contribution in [2.75, 3.05) is 19.5 Å². The maximum absolute atomic E-state index is 5.44. The van der Waals surface area contributed by atoms with Crippen LogP contribution in [-0.4, -0.2) is 38.6 Å². The zero-order valence-corrected chi connectivity index (χ0v) is 16.0. The van der Waals surface area contributed by atoms with E-state index in [1.807, 2.05) is 55.4 Å². The van der Waals surface area contributed by atoms with Crippen LogP contribution in [0.3, 0.4) is 0 Å². The molecule has 0 unspecified atom stereocenters. The van der Waals surface area contributed by atoms with Crippen LogP contribution in [0.5, 0.6) is 5.75 Å². The third-order valence-electron chi connectivity index (χ3n) is 3.54. The summed E-state index contributed by atoms with van der Waals surface area (Å²) in [6.45, 7) is 1.39. The second kappa shape index (κ2) is 7.77. The standard InChI is InChI=1S/C16H20N6OS2/c1-20(9-12-8-17-21(2)10-12)11-22-16(24)25-15(19-22)18-13-6-4-5-7-14(13)23-3/h4-8,10H,9,11H2,1-3H3,(H,18,19). The number of hydrogen-bond donors (Lipinski definition) is 1. The summed E-state index contributed by atoms with van der Waals surface area (Å²) in [6.07, 6.45) is 3.87. The summed E-state index contributed by atoms with van der Waals surface area (Å²) in [5.41, 5.74) is 2.02. The summed E-state index contributed by atoms with van der Waals surface area (Å²) in [7, 11) is 5.59. The molecule has 3 aromatic rings. The molecule has 1 aromatic carbocycles. The molecule has 0 aliphatic heterocycles. The van der Waals surface area contributed by atoms with Crippen LogP contribution in [-0.2, 0) is 20.3 Å². The molecule has 132 valence electrons. The van der Waals surface area contributed by atoms with E-state index in [0.29, 0.717) is 6.67 Å². The van der Waals surface area contributed by atoms with Crippen molar-refractivity contribution in [1.29, 1.82) is 0 Å². The Morgan fingerprint density at radius 1 is 1.36 bits per heavy atom. The van der Waals surface area contributed by atoms with Crippen LogP contribution in [0.25, 0.3) is 0 Å². The van der Waals surface area contributed by atoms with Gasteiger partial charge in [0.1, 0.15) is 5.75 Å². The molecule has 0 saturated heterocycles. The predicted molar refractivity (Wildman–Crippen MR) is 102 cm³/mol. The minimum absolute atomic E-state index is 0.609. The summed E-state index contributed by atoms with van der Waals surface area (Å²) in [4.78, 5) is 2.14. The lowest BCUT2D eigenvalue weighted by atomic mass is 10.3. The Morgan fingerprint density at radius 3 is 2.88 bits per heavy atom. The van der Waals surface area contributed by atoms with E-state index in [-0.39, 0.29) is 0 Å². The summed E-state index contributed by atoms with van der Waals surface area (Å²) in [5, 5.41) is 12.8. The number of hydrogen-bond acceptors (Lipinski definition) is 7. The lowest BCUT2D eigenvalue weighted by molar-refractivity contribution is 0.245. The van der Waals surface area contributed by atoms with Crippen molar-refractivity contribution in [2.45, 2.75) is 13.2 Å². The first-order valence-corrected chi connectivity index (χ1v) is 8.91. The first-order valence-electron chi connectivity index (χ1n) is 7.69. The van der Waals surface area contributed by atoms with E-state index in [9.17, 15) is 0 Å². The van der Waals surface area contributed by atoms with Crippen molar-refractivity contribution >= 4 is 34.4 Å². The van der Waals surface area contributed by atoms with Crippen LogP contribution in [0.4, 0.5) is 10.8 Å². The molecule has 7 nitrogen and oxygen atoms in total. The van der Waals surface area contributed by atoms with Gasteiger partial charge in [0.25, 0.3) is 0 Å². The fourth-order valence-electron chi connectivity index (χ4n) is 2.45. The number of benzene rings is 1. The third-order valence-corrected chi connectivity index (χ3v) is 4.76. The molecule has 0 saturated carbocycles. The topological polar surface area (TPSA) is 60.1 Å². The van der Waals surface area contributed by atoms with Crippen molar-refractivity contribution in [2.24, 2.45) is 7.05 Å². The molecule has 2 aromatic heterocycles. The van der Waals surface area contributed by atoms with E-state index < -0.39 is 0 Å².